The van der Waals surface area contributed by atoms with Gasteiger partial charge in [0.1, 0.15) is 5.75 Å². The maximum atomic E-state index is 12.5. The Kier molecular flexibility index (Phi) is 4.97. The third kappa shape index (κ3) is 4.53. The van der Waals surface area contributed by atoms with E-state index in [-0.39, 0.29) is 11.7 Å². The Morgan fingerprint density at radius 3 is 2.12 bits per heavy atom. The molecule has 0 atom stereocenters. The molecule has 0 bridgehead atoms. The minimum absolute atomic E-state index is 0.162. The number of carbonyl (C=O) groups is 1. The van der Waals surface area contributed by atoms with Gasteiger partial charge in [-0.3, -0.25) is 4.79 Å². The van der Waals surface area contributed by atoms with Crippen LogP contribution in [-0.2, 0) is 0 Å². The summed E-state index contributed by atoms with van der Waals surface area (Å²) >= 11 is 0. The van der Waals surface area contributed by atoms with Crippen LogP contribution in [0.3, 0.4) is 0 Å². The second kappa shape index (κ2) is 7.17. The van der Waals surface area contributed by atoms with Crippen LogP contribution in [0, 0.1) is 0 Å². The first-order chi connectivity index (χ1) is 11.9. The first kappa shape index (κ1) is 17.3. The van der Waals surface area contributed by atoms with Gasteiger partial charge in [0.05, 0.1) is 0 Å². The molecule has 0 spiro atoms. The summed E-state index contributed by atoms with van der Waals surface area (Å²) in [6.07, 6.45) is -2.97. The highest BCUT2D eigenvalue weighted by atomic mass is 19.4. The van der Waals surface area contributed by atoms with Crippen molar-refractivity contribution in [2.45, 2.75) is 25.1 Å². The number of hydrogen-bond acceptors (Lipinski definition) is 2. The van der Waals surface area contributed by atoms with E-state index >= 15 is 0 Å². The standard InChI is InChI=1S/C19H18F3NO2/c20-19(21,22)25-17-8-6-16(7-9-17)18(24)23-12-10-15(11-13-23)14-4-2-1-3-5-14/h1-9,15H,10-13H2. The molecule has 132 valence electrons. The fraction of sp³-hybridized carbons (Fsp3) is 0.316. The van der Waals surface area contributed by atoms with E-state index in [2.05, 4.69) is 16.9 Å². The van der Waals surface area contributed by atoms with E-state index in [1.54, 1.807) is 4.90 Å². The molecule has 2 aromatic carbocycles. The van der Waals surface area contributed by atoms with E-state index in [0.29, 0.717) is 24.6 Å². The van der Waals surface area contributed by atoms with E-state index in [9.17, 15) is 18.0 Å². The van der Waals surface area contributed by atoms with Crippen molar-refractivity contribution in [1.29, 1.82) is 0 Å². The normalized spacial score (nSPS) is 15.9. The average Bonchev–Trinajstić information content (AvgIpc) is 2.61. The van der Waals surface area contributed by atoms with E-state index < -0.39 is 6.36 Å². The fourth-order valence-electron chi connectivity index (χ4n) is 3.12. The molecule has 0 unspecified atom stereocenters. The van der Waals surface area contributed by atoms with Crippen LogP contribution >= 0.6 is 0 Å². The van der Waals surface area contributed by atoms with Gasteiger partial charge in [0, 0.05) is 18.7 Å². The van der Waals surface area contributed by atoms with Crippen LogP contribution < -0.4 is 4.74 Å². The Hall–Kier alpha value is -2.50. The summed E-state index contributed by atoms with van der Waals surface area (Å²) in [5.74, 6) is -0.0512. The Labute approximate surface area is 144 Å². The Balaban J connectivity index is 1.59. The highest BCUT2D eigenvalue weighted by Crippen LogP contribution is 2.29. The molecule has 1 aliphatic heterocycles. The second-order valence-electron chi connectivity index (χ2n) is 6.05. The van der Waals surface area contributed by atoms with Crippen molar-refractivity contribution in [3.63, 3.8) is 0 Å². The van der Waals surface area contributed by atoms with Crippen LogP contribution in [0.5, 0.6) is 5.75 Å². The van der Waals surface area contributed by atoms with Crippen LogP contribution in [0.1, 0.15) is 34.7 Å². The van der Waals surface area contributed by atoms with Gasteiger partial charge >= 0.3 is 6.36 Å². The van der Waals surface area contributed by atoms with Crippen LogP contribution in [0.4, 0.5) is 13.2 Å². The maximum Gasteiger partial charge on any atom is 0.573 e. The minimum atomic E-state index is -4.73. The molecule has 0 radical (unpaired) electrons. The molecule has 3 rings (SSSR count). The molecular weight excluding hydrogens is 331 g/mol. The molecule has 2 aromatic rings. The fourth-order valence-corrected chi connectivity index (χ4v) is 3.12. The monoisotopic (exact) mass is 349 g/mol. The van der Waals surface area contributed by atoms with Crippen molar-refractivity contribution in [3.8, 4) is 5.75 Å². The number of likely N-dealkylation sites (tertiary alicyclic amines) is 1. The third-order valence-electron chi connectivity index (χ3n) is 4.39. The van der Waals surface area contributed by atoms with E-state index in [0.717, 1.165) is 25.0 Å². The van der Waals surface area contributed by atoms with Gasteiger partial charge in [-0.2, -0.15) is 0 Å². The lowest BCUT2D eigenvalue weighted by Gasteiger charge is -2.32. The van der Waals surface area contributed by atoms with Crippen molar-refractivity contribution < 1.29 is 22.7 Å². The Bertz CT molecular complexity index is 706. The van der Waals surface area contributed by atoms with Crippen molar-refractivity contribution in [2.75, 3.05) is 13.1 Å². The molecule has 1 saturated heterocycles. The first-order valence-electron chi connectivity index (χ1n) is 8.12. The molecule has 25 heavy (non-hydrogen) atoms. The highest BCUT2D eigenvalue weighted by Gasteiger charge is 2.31. The molecule has 0 saturated carbocycles. The second-order valence-corrected chi connectivity index (χ2v) is 6.05. The number of ether oxygens (including phenoxy) is 1. The van der Waals surface area contributed by atoms with Crippen molar-refractivity contribution in [1.82, 2.24) is 4.90 Å². The van der Waals surface area contributed by atoms with E-state index in [1.165, 1.54) is 17.7 Å². The van der Waals surface area contributed by atoms with Crippen molar-refractivity contribution >= 4 is 5.91 Å². The largest absolute Gasteiger partial charge is 0.573 e. The lowest BCUT2D eigenvalue weighted by molar-refractivity contribution is -0.274. The molecule has 1 heterocycles. The molecular formula is C19H18F3NO2. The zero-order valence-electron chi connectivity index (χ0n) is 13.5. The molecule has 1 amide bonds. The molecule has 6 heteroatoms. The number of hydrogen-bond donors (Lipinski definition) is 0. The zero-order chi connectivity index (χ0) is 17.9. The highest BCUT2D eigenvalue weighted by molar-refractivity contribution is 5.94. The van der Waals surface area contributed by atoms with Gasteiger partial charge in [-0.05, 0) is 48.6 Å². The van der Waals surface area contributed by atoms with Crippen LogP contribution in [0.25, 0.3) is 0 Å². The van der Waals surface area contributed by atoms with Crippen LogP contribution in [0.15, 0.2) is 54.6 Å². The summed E-state index contributed by atoms with van der Waals surface area (Å²) < 4.78 is 40.3. The number of rotatable bonds is 3. The molecule has 1 aliphatic rings. The number of alkyl halides is 3. The van der Waals surface area contributed by atoms with E-state index in [1.807, 2.05) is 18.2 Å². The lowest BCUT2D eigenvalue weighted by atomic mass is 9.89. The average molecular weight is 349 g/mol. The number of benzene rings is 2. The molecule has 1 fully saturated rings. The maximum absolute atomic E-state index is 12.5. The smallest absolute Gasteiger partial charge is 0.406 e. The predicted octanol–water partition coefficient (Wildman–Crippen LogP) is 4.61. The molecule has 0 aromatic heterocycles. The zero-order valence-corrected chi connectivity index (χ0v) is 13.5. The van der Waals surface area contributed by atoms with Crippen molar-refractivity contribution in [3.05, 3.63) is 65.7 Å². The summed E-state index contributed by atoms with van der Waals surface area (Å²) in [6.45, 7) is 1.28. The minimum Gasteiger partial charge on any atom is -0.406 e. The quantitative estimate of drug-likeness (QED) is 0.810. The summed E-state index contributed by atoms with van der Waals surface area (Å²) in [5.41, 5.74) is 1.65. The van der Waals surface area contributed by atoms with Crippen LogP contribution in [-0.4, -0.2) is 30.3 Å². The van der Waals surface area contributed by atoms with E-state index in [4.69, 9.17) is 0 Å². The first-order valence-corrected chi connectivity index (χ1v) is 8.12. The summed E-state index contributed by atoms with van der Waals surface area (Å²) in [6, 6.07) is 15.3. The van der Waals surface area contributed by atoms with Gasteiger partial charge in [0.25, 0.3) is 5.91 Å². The summed E-state index contributed by atoms with van der Waals surface area (Å²) in [5, 5.41) is 0. The Morgan fingerprint density at radius 2 is 1.56 bits per heavy atom. The lowest BCUT2D eigenvalue weighted by Crippen LogP contribution is -2.37. The number of carbonyl (C=O) groups excluding carboxylic acids is 1. The molecule has 0 N–H and O–H groups in total. The van der Waals surface area contributed by atoms with Gasteiger partial charge in [0.15, 0.2) is 0 Å². The van der Waals surface area contributed by atoms with Crippen molar-refractivity contribution in [2.24, 2.45) is 0 Å². The van der Waals surface area contributed by atoms with Gasteiger partial charge < -0.3 is 9.64 Å². The predicted molar refractivity (Wildman–Crippen MR) is 87.4 cm³/mol. The van der Waals surface area contributed by atoms with Gasteiger partial charge in [-0.15, -0.1) is 13.2 Å². The third-order valence-corrected chi connectivity index (χ3v) is 4.39. The molecule has 0 aliphatic carbocycles. The summed E-state index contributed by atoms with van der Waals surface area (Å²) in [4.78, 5) is 14.3. The summed E-state index contributed by atoms with van der Waals surface area (Å²) in [7, 11) is 0. The van der Waals surface area contributed by atoms with Crippen LogP contribution in [0.2, 0.25) is 0 Å². The number of halogens is 3. The number of piperidine rings is 1. The number of amides is 1. The number of nitrogens with zero attached hydrogens (tertiary/aromatic N) is 1. The molecule has 3 nitrogen and oxygen atoms in total. The Morgan fingerprint density at radius 1 is 0.960 bits per heavy atom. The van der Waals surface area contributed by atoms with Gasteiger partial charge in [0.2, 0.25) is 0 Å². The SMILES string of the molecule is O=C(c1ccc(OC(F)(F)F)cc1)N1CCC(c2ccccc2)CC1. The topological polar surface area (TPSA) is 29.5 Å². The van der Waals surface area contributed by atoms with Gasteiger partial charge in [-0.1, -0.05) is 30.3 Å². The van der Waals surface area contributed by atoms with Gasteiger partial charge in [-0.25, -0.2) is 0 Å².